The minimum atomic E-state index is -0.0771. The van der Waals surface area contributed by atoms with Crippen LogP contribution < -0.4 is 4.74 Å². The quantitative estimate of drug-likeness (QED) is 0.653. The molecule has 6 rings (SSSR count). The summed E-state index contributed by atoms with van der Waals surface area (Å²) in [7, 11) is 3.89. The summed E-state index contributed by atoms with van der Waals surface area (Å²) >= 11 is 0. The van der Waals surface area contributed by atoms with Crippen LogP contribution >= 0.6 is 0 Å². The van der Waals surface area contributed by atoms with Gasteiger partial charge in [-0.05, 0) is 68.8 Å². The average Bonchev–Trinajstić information content (AvgIpc) is 3.22. The van der Waals surface area contributed by atoms with Crippen molar-refractivity contribution in [2.75, 3.05) is 20.7 Å². The summed E-state index contributed by atoms with van der Waals surface area (Å²) in [6.07, 6.45) is 4.90. The summed E-state index contributed by atoms with van der Waals surface area (Å²) < 4.78 is 5.52. The maximum Gasteiger partial charge on any atom is 0.161 e. The highest BCUT2D eigenvalue weighted by Gasteiger charge is 2.56. The third kappa shape index (κ3) is 2.70. The lowest BCUT2D eigenvalue weighted by molar-refractivity contribution is 0.0215. The van der Waals surface area contributed by atoms with Crippen LogP contribution in [0, 0.1) is 5.92 Å². The van der Waals surface area contributed by atoms with Crippen molar-refractivity contribution in [2.24, 2.45) is 5.92 Å². The fourth-order valence-electron chi connectivity index (χ4n) is 6.70. The van der Waals surface area contributed by atoms with E-state index in [1.165, 1.54) is 22.5 Å². The molecule has 1 aromatic heterocycles. The number of ether oxygens (including phenoxy) is 1. The van der Waals surface area contributed by atoms with Crippen molar-refractivity contribution in [3.05, 3.63) is 64.5 Å². The minimum absolute atomic E-state index is 0.0771. The Kier molecular flexibility index (Phi) is 4.41. The maximum atomic E-state index is 11.3. The van der Waals surface area contributed by atoms with Crippen molar-refractivity contribution in [3.8, 4) is 22.9 Å². The molecule has 2 bridgehead atoms. The lowest BCUT2D eigenvalue weighted by atomic mass is 9.52. The number of phenolic OH excluding ortho intramolecular Hbond substituents is 1. The van der Waals surface area contributed by atoms with Gasteiger partial charge in [0, 0.05) is 28.3 Å². The second-order valence-corrected chi connectivity index (χ2v) is 9.86. The number of fused-ring (bicyclic) bond motifs is 2. The van der Waals surface area contributed by atoms with Crippen molar-refractivity contribution in [1.29, 1.82) is 0 Å². The summed E-state index contributed by atoms with van der Waals surface area (Å²) in [5.41, 5.74) is 7.23. The molecule has 5 nitrogen and oxygen atoms in total. The number of likely N-dealkylation sites (tertiary alicyclic amines) is 1. The zero-order chi connectivity index (χ0) is 22.0. The highest BCUT2D eigenvalue weighted by Crippen LogP contribution is 2.57. The number of phenols is 1. The summed E-state index contributed by atoms with van der Waals surface area (Å²) in [5.74, 6) is 2.33. The van der Waals surface area contributed by atoms with Crippen LogP contribution in [0.3, 0.4) is 0 Å². The van der Waals surface area contributed by atoms with Gasteiger partial charge in [-0.25, -0.2) is 4.98 Å². The molecule has 0 amide bonds. The van der Waals surface area contributed by atoms with Crippen LogP contribution in [-0.4, -0.2) is 46.7 Å². The van der Waals surface area contributed by atoms with E-state index >= 15 is 0 Å². The van der Waals surface area contributed by atoms with Gasteiger partial charge in [0.1, 0.15) is 5.82 Å². The van der Waals surface area contributed by atoms with Gasteiger partial charge in [-0.15, -0.1) is 0 Å². The van der Waals surface area contributed by atoms with Gasteiger partial charge in [0.05, 0.1) is 12.8 Å². The van der Waals surface area contributed by atoms with Crippen molar-refractivity contribution in [1.82, 2.24) is 14.9 Å². The predicted octanol–water partition coefficient (Wildman–Crippen LogP) is 4.27. The van der Waals surface area contributed by atoms with Crippen LogP contribution in [-0.2, 0) is 31.1 Å². The van der Waals surface area contributed by atoms with Gasteiger partial charge in [-0.1, -0.05) is 37.3 Å². The zero-order valence-corrected chi connectivity index (χ0v) is 19.1. The van der Waals surface area contributed by atoms with Gasteiger partial charge in [-0.3, -0.25) is 0 Å². The van der Waals surface area contributed by atoms with E-state index in [4.69, 9.17) is 9.72 Å². The molecule has 1 fully saturated rings. The number of aryl methyl sites for hydroxylation is 1. The predicted molar refractivity (Wildman–Crippen MR) is 125 cm³/mol. The molecule has 2 heterocycles. The molecule has 0 spiro atoms. The van der Waals surface area contributed by atoms with Crippen molar-refractivity contribution >= 4 is 0 Å². The molecule has 0 unspecified atom stereocenters. The van der Waals surface area contributed by atoms with Crippen LogP contribution in [0.1, 0.15) is 41.4 Å². The van der Waals surface area contributed by atoms with Gasteiger partial charge in [0.15, 0.2) is 11.5 Å². The first kappa shape index (κ1) is 19.9. The number of benzene rings is 2. The molecule has 3 atom stereocenters. The zero-order valence-electron chi connectivity index (χ0n) is 19.1. The van der Waals surface area contributed by atoms with E-state index in [0.717, 1.165) is 55.6 Å². The van der Waals surface area contributed by atoms with Crippen molar-refractivity contribution < 1.29 is 9.84 Å². The van der Waals surface area contributed by atoms with Crippen LogP contribution in [0.2, 0.25) is 0 Å². The topological polar surface area (TPSA) is 61.4 Å². The van der Waals surface area contributed by atoms with E-state index in [9.17, 15) is 5.11 Å². The highest BCUT2D eigenvalue weighted by molar-refractivity contribution is 5.60. The number of rotatable bonds is 3. The van der Waals surface area contributed by atoms with E-state index in [0.29, 0.717) is 23.5 Å². The number of aromatic hydroxyl groups is 1. The Bertz CT molecular complexity index is 1180. The molecule has 166 valence electrons. The number of piperidine rings is 1. The Morgan fingerprint density at radius 1 is 1.19 bits per heavy atom. The van der Waals surface area contributed by atoms with E-state index in [1.807, 2.05) is 6.07 Å². The third-order valence-electron chi connectivity index (χ3n) is 8.43. The lowest BCUT2D eigenvalue weighted by Gasteiger charge is -2.57. The van der Waals surface area contributed by atoms with E-state index in [1.54, 1.807) is 7.11 Å². The number of hydrogen-bond donors (Lipinski definition) is 2. The molecule has 2 N–H and O–H groups in total. The molecule has 1 saturated heterocycles. The van der Waals surface area contributed by atoms with Gasteiger partial charge in [0.25, 0.3) is 0 Å². The normalized spacial score (nSPS) is 26.2. The molecule has 32 heavy (non-hydrogen) atoms. The lowest BCUT2D eigenvalue weighted by Crippen LogP contribution is -2.61. The fraction of sp³-hybridized carbons (Fsp3) is 0.444. The first-order valence-electron chi connectivity index (χ1n) is 11.8. The molecule has 0 saturated carbocycles. The number of aromatic amines is 1. The van der Waals surface area contributed by atoms with Gasteiger partial charge < -0.3 is 19.7 Å². The number of likely N-dealkylation sites (N-methyl/N-ethyl adjacent to an activating group) is 1. The van der Waals surface area contributed by atoms with Gasteiger partial charge >= 0.3 is 0 Å². The second kappa shape index (κ2) is 7.11. The summed E-state index contributed by atoms with van der Waals surface area (Å²) in [6.45, 7) is 3.23. The monoisotopic (exact) mass is 429 g/mol. The number of aromatic nitrogens is 2. The summed E-state index contributed by atoms with van der Waals surface area (Å²) in [5, 5.41) is 11.3. The van der Waals surface area contributed by atoms with Crippen LogP contribution in [0.25, 0.3) is 11.4 Å². The van der Waals surface area contributed by atoms with E-state index < -0.39 is 0 Å². The Labute approximate surface area is 189 Å². The second-order valence-electron chi connectivity index (χ2n) is 9.86. The molecule has 2 aliphatic carbocycles. The SMILES string of the molecule is CCc1ccc(-c2nc3c([nH]2)C[C@@]24CCN(C)[C@@H](Cc5ccc(OC)c(O)c52)[C@H]4C3)cc1. The minimum Gasteiger partial charge on any atom is -0.504 e. The average molecular weight is 430 g/mol. The molecular weight excluding hydrogens is 398 g/mol. The smallest absolute Gasteiger partial charge is 0.161 e. The van der Waals surface area contributed by atoms with E-state index in [-0.39, 0.29) is 5.41 Å². The summed E-state index contributed by atoms with van der Waals surface area (Å²) in [6, 6.07) is 13.3. The van der Waals surface area contributed by atoms with Crippen molar-refractivity contribution in [3.63, 3.8) is 0 Å². The fourth-order valence-corrected chi connectivity index (χ4v) is 6.70. The molecule has 5 heteroatoms. The molecular formula is C27H31N3O2. The van der Waals surface area contributed by atoms with Crippen LogP contribution in [0.4, 0.5) is 0 Å². The number of nitrogens with one attached hydrogen (secondary N) is 1. The standard InChI is InChI=1S/C27H31N3O2/c1-4-16-5-7-17(8-6-16)26-28-20-14-19-22-13-18-9-10-23(32-3)25(31)24(18)27(19,11-12-30(22)2)15-21(20)29-26/h5-10,19,22,31H,4,11-15H2,1-3H3,(H,28,29)/t19-,22+,27-/m1/s1. The Hall–Kier alpha value is -2.79. The van der Waals surface area contributed by atoms with E-state index in [2.05, 4.69) is 54.2 Å². The van der Waals surface area contributed by atoms with Gasteiger partial charge in [0.2, 0.25) is 0 Å². The highest BCUT2D eigenvalue weighted by atomic mass is 16.5. The number of hydrogen-bond acceptors (Lipinski definition) is 4. The largest absolute Gasteiger partial charge is 0.504 e. The molecule has 1 aliphatic heterocycles. The first-order chi connectivity index (χ1) is 15.5. The number of H-pyrrole nitrogens is 1. The Morgan fingerprint density at radius 3 is 2.75 bits per heavy atom. The number of nitrogens with zero attached hydrogens (tertiary/aromatic N) is 2. The van der Waals surface area contributed by atoms with Crippen LogP contribution in [0.15, 0.2) is 36.4 Å². The number of methoxy groups -OCH3 is 1. The third-order valence-corrected chi connectivity index (χ3v) is 8.43. The number of imidazole rings is 1. The molecule has 0 radical (unpaired) electrons. The molecule has 3 aliphatic rings. The van der Waals surface area contributed by atoms with Crippen molar-refractivity contribution in [2.45, 2.75) is 50.5 Å². The maximum absolute atomic E-state index is 11.3. The Morgan fingerprint density at radius 2 is 2.00 bits per heavy atom. The van der Waals surface area contributed by atoms with Gasteiger partial charge in [-0.2, -0.15) is 0 Å². The van der Waals surface area contributed by atoms with Crippen LogP contribution in [0.5, 0.6) is 11.5 Å². The Balaban J connectivity index is 1.47. The molecule has 2 aromatic carbocycles. The molecule has 3 aromatic rings. The summed E-state index contributed by atoms with van der Waals surface area (Å²) in [4.78, 5) is 11.3. The first-order valence-corrected chi connectivity index (χ1v) is 11.8.